The average Bonchev–Trinajstić information content (AvgIpc) is 2.50. The summed E-state index contributed by atoms with van der Waals surface area (Å²) in [4.78, 5) is 0. The molecule has 0 radical (unpaired) electrons. The van der Waals surface area contributed by atoms with Gasteiger partial charge in [0.25, 0.3) is 0 Å². The van der Waals surface area contributed by atoms with Gasteiger partial charge in [-0.2, -0.15) is 0 Å². The van der Waals surface area contributed by atoms with Crippen molar-refractivity contribution in [2.75, 3.05) is 5.73 Å². The molecule has 2 N–H and O–H groups in total. The van der Waals surface area contributed by atoms with Crippen LogP contribution < -0.4 is 5.73 Å². The fourth-order valence-electron chi connectivity index (χ4n) is 1.20. The summed E-state index contributed by atoms with van der Waals surface area (Å²) in [5.74, 6) is 0. The molecule has 1 aromatic carbocycles. The molecular weight excluding hydrogens is 326 g/mol. The van der Waals surface area contributed by atoms with Crippen LogP contribution in [0.1, 0.15) is 0 Å². The van der Waals surface area contributed by atoms with Crippen LogP contribution in [0.15, 0.2) is 37.9 Å². The largest absolute Gasteiger partial charge is 0.397 e. The number of hydrogen-bond acceptors (Lipinski definition) is 2. The first-order chi connectivity index (χ1) is 6.68. The second kappa shape index (κ2) is 4.04. The van der Waals surface area contributed by atoms with Crippen LogP contribution in [0.3, 0.4) is 0 Å². The van der Waals surface area contributed by atoms with Crippen LogP contribution in [0.5, 0.6) is 0 Å². The Morgan fingerprint density at radius 1 is 1.07 bits per heavy atom. The minimum atomic E-state index is 0.817. The Balaban J connectivity index is 2.49. The Labute approximate surface area is 103 Å². The van der Waals surface area contributed by atoms with Gasteiger partial charge in [-0.05, 0) is 33.6 Å². The lowest BCUT2D eigenvalue weighted by molar-refractivity contribution is 1.62. The monoisotopic (exact) mass is 331 g/mol. The Morgan fingerprint density at radius 2 is 1.71 bits per heavy atom. The van der Waals surface area contributed by atoms with Gasteiger partial charge in [0.1, 0.15) is 0 Å². The second-order valence-electron chi connectivity index (χ2n) is 2.84. The molecule has 1 aromatic heterocycles. The van der Waals surface area contributed by atoms with E-state index in [9.17, 15) is 0 Å². The van der Waals surface area contributed by atoms with Gasteiger partial charge in [-0.15, -0.1) is 11.3 Å². The molecule has 72 valence electrons. The summed E-state index contributed by atoms with van der Waals surface area (Å²) in [6.07, 6.45) is 0. The minimum Gasteiger partial charge on any atom is -0.397 e. The van der Waals surface area contributed by atoms with E-state index in [1.54, 1.807) is 11.3 Å². The van der Waals surface area contributed by atoms with E-state index in [4.69, 9.17) is 5.73 Å². The van der Waals surface area contributed by atoms with Gasteiger partial charge in [-0.3, -0.25) is 0 Å². The summed E-state index contributed by atoms with van der Waals surface area (Å²) < 4.78 is 2.07. The lowest BCUT2D eigenvalue weighted by Crippen LogP contribution is -1.85. The molecule has 0 aliphatic rings. The van der Waals surface area contributed by atoms with Gasteiger partial charge in [0.05, 0.1) is 9.47 Å². The first-order valence-electron chi connectivity index (χ1n) is 3.97. The molecule has 0 aliphatic carbocycles. The van der Waals surface area contributed by atoms with Crippen LogP contribution in [0.4, 0.5) is 5.69 Å². The smallest absolute Gasteiger partial charge is 0.0934 e. The van der Waals surface area contributed by atoms with Crippen molar-refractivity contribution in [1.82, 2.24) is 0 Å². The highest BCUT2D eigenvalue weighted by molar-refractivity contribution is 9.11. The van der Waals surface area contributed by atoms with E-state index < -0.39 is 0 Å². The van der Waals surface area contributed by atoms with Gasteiger partial charge < -0.3 is 5.73 Å². The summed E-state index contributed by atoms with van der Waals surface area (Å²) in [5.41, 5.74) is 8.98. The predicted octanol–water partition coefficient (Wildman–Crippen LogP) is 4.52. The van der Waals surface area contributed by atoms with Crippen LogP contribution in [0, 0.1) is 0 Å². The zero-order valence-corrected chi connectivity index (χ0v) is 11.1. The molecule has 0 aliphatic heterocycles. The Hall–Kier alpha value is -0.320. The van der Waals surface area contributed by atoms with Gasteiger partial charge in [0, 0.05) is 15.4 Å². The molecular formula is C10H7Br2NS. The van der Waals surface area contributed by atoms with E-state index in [-0.39, 0.29) is 0 Å². The molecule has 0 unspecified atom stereocenters. The molecule has 1 nitrogen and oxygen atoms in total. The van der Waals surface area contributed by atoms with Crippen molar-refractivity contribution in [3.8, 4) is 11.1 Å². The second-order valence-corrected chi connectivity index (χ2v) is 5.96. The lowest BCUT2D eigenvalue weighted by atomic mass is 10.1. The van der Waals surface area contributed by atoms with Crippen LogP contribution in [-0.2, 0) is 0 Å². The van der Waals surface area contributed by atoms with E-state index in [0.717, 1.165) is 25.1 Å². The van der Waals surface area contributed by atoms with Gasteiger partial charge >= 0.3 is 0 Å². The van der Waals surface area contributed by atoms with E-state index in [1.807, 2.05) is 12.1 Å². The maximum absolute atomic E-state index is 5.92. The molecule has 2 rings (SSSR count). The van der Waals surface area contributed by atoms with Gasteiger partial charge in [0.15, 0.2) is 0 Å². The number of halogens is 2. The summed E-state index contributed by atoms with van der Waals surface area (Å²) in [6, 6.07) is 8.13. The standard InChI is InChI=1S/C10H7Br2NS/c11-7-3-1-6(2-4-7)8-5-14-10(12)9(8)13/h1-5H,13H2. The van der Waals surface area contributed by atoms with E-state index >= 15 is 0 Å². The van der Waals surface area contributed by atoms with Gasteiger partial charge in [-0.1, -0.05) is 28.1 Å². The number of thiophene rings is 1. The van der Waals surface area contributed by atoms with Crippen LogP contribution >= 0.6 is 43.2 Å². The molecule has 0 amide bonds. The Morgan fingerprint density at radius 3 is 2.21 bits per heavy atom. The molecule has 0 saturated heterocycles. The van der Waals surface area contributed by atoms with E-state index in [2.05, 4.69) is 49.4 Å². The molecule has 1 heterocycles. The molecule has 14 heavy (non-hydrogen) atoms. The molecule has 2 aromatic rings. The summed E-state index contributed by atoms with van der Waals surface area (Å²) in [6.45, 7) is 0. The fraction of sp³-hybridized carbons (Fsp3) is 0. The Bertz CT molecular complexity index is 448. The summed E-state index contributed by atoms with van der Waals surface area (Å²) in [5, 5.41) is 2.06. The zero-order valence-electron chi connectivity index (χ0n) is 7.13. The first kappa shape index (κ1) is 10.2. The van der Waals surface area contributed by atoms with Crippen molar-refractivity contribution < 1.29 is 0 Å². The maximum Gasteiger partial charge on any atom is 0.0934 e. The number of rotatable bonds is 1. The Kier molecular flexibility index (Phi) is 2.95. The number of anilines is 1. The van der Waals surface area contributed by atoms with Crippen molar-refractivity contribution >= 4 is 48.9 Å². The van der Waals surface area contributed by atoms with Gasteiger partial charge in [-0.25, -0.2) is 0 Å². The topological polar surface area (TPSA) is 26.0 Å². The van der Waals surface area contributed by atoms with Crippen LogP contribution in [0.25, 0.3) is 11.1 Å². The highest BCUT2D eigenvalue weighted by atomic mass is 79.9. The van der Waals surface area contributed by atoms with Gasteiger partial charge in [0.2, 0.25) is 0 Å². The lowest BCUT2D eigenvalue weighted by Gasteiger charge is -2.00. The van der Waals surface area contributed by atoms with Crippen LogP contribution in [-0.4, -0.2) is 0 Å². The summed E-state index contributed by atoms with van der Waals surface area (Å²) >= 11 is 8.43. The third kappa shape index (κ3) is 1.87. The molecule has 0 spiro atoms. The third-order valence-electron chi connectivity index (χ3n) is 1.94. The molecule has 0 bridgehead atoms. The fourth-order valence-corrected chi connectivity index (χ4v) is 2.68. The highest BCUT2D eigenvalue weighted by Gasteiger charge is 2.07. The highest BCUT2D eigenvalue weighted by Crippen LogP contribution is 2.37. The molecule has 0 atom stereocenters. The van der Waals surface area contributed by atoms with Crippen molar-refractivity contribution in [2.24, 2.45) is 0 Å². The summed E-state index contributed by atoms with van der Waals surface area (Å²) in [7, 11) is 0. The van der Waals surface area contributed by atoms with E-state index in [1.165, 1.54) is 0 Å². The average molecular weight is 333 g/mol. The SMILES string of the molecule is Nc1c(-c2ccc(Br)cc2)csc1Br. The minimum absolute atomic E-state index is 0.817. The van der Waals surface area contributed by atoms with Crippen molar-refractivity contribution in [2.45, 2.75) is 0 Å². The maximum atomic E-state index is 5.92. The predicted molar refractivity (Wildman–Crippen MR) is 69.6 cm³/mol. The number of nitrogens with two attached hydrogens (primary N) is 1. The normalized spacial score (nSPS) is 10.4. The number of hydrogen-bond donors (Lipinski definition) is 1. The quantitative estimate of drug-likeness (QED) is 0.816. The third-order valence-corrected chi connectivity index (χ3v) is 4.23. The molecule has 0 fully saturated rings. The number of nitrogen functional groups attached to an aromatic ring is 1. The van der Waals surface area contributed by atoms with Crippen molar-refractivity contribution in [3.63, 3.8) is 0 Å². The molecule has 4 heteroatoms. The van der Waals surface area contributed by atoms with Crippen LogP contribution in [0.2, 0.25) is 0 Å². The zero-order chi connectivity index (χ0) is 10.1. The van der Waals surface area contributed by atoms with E-state index in [0.29, 0.717) is 0 Å². The molecule has 0 saturated carbocycles. The van der Waals surface area contributed by atoms with Crippen molar-refractivity contribution in [3.05, 3.63) is 37.9 Å². The number of benzene rings is 1. The first-order valence-corrected chi connectivity index (χ1v) is 6.43. The van der Waals surface area contributed by atoms with Crippen molar-refractivity contribution in [1.29, 1.82) is 0 Å².